The molecule has 3 rings (SSSR count). The molecule has 1 aromatic carbocycles. The summed E-state index contributed by atoms with van der Waals surface area (Å²) in [5, 5.41) is 17.2. The third kappa shape index (κ3) is 5.87. The molecule has 31 heavy (non-hydrogen) atoms. The summed E-state index contributed by atoms with van der Waals surface area (Å²) in [7, 11) is -1.88. The summed E-state index contributed by atoms with van der Waals surface area (Å²) in [5.41, 5.74) is 1.14. The first-order valence-corrected chi connectivity index (χ1v) is 14.1. The number of hydrogen-bond acceptors (Lipinski definition) is 7. The largest absolute Gasteiger partial charge is 0.408 e. The van der Waals surface area contributed by atoms with Gasteiger partial charge < -0.3 is 14.3 Å². The molecule has 2 heterocycles. The van der Waals surface area contributed by atoms with E-state index in [0.717, 1.165) is 15.6 Å². The molecule has 2 aromatic heterocycles. The number of carbonyl (C=O) groups is 1. The molecule has 0 aliphatic rings. The summed E-state index contributed by atoms with van der Waals surface area (Å²) in [6.07, 6.45) is 0.507. The van der Waals surface area contributed by atoms with Crippen LogP contribution in [-0.4, -0.2) is 36.1 Å². The van der Waals surface area contributed by atoms with Gasteiger partial charge in [0.05, 0.1) is 6.10 Å². The molecular weight excluding hydrogens is 428 g/mol. The van der Waals surface area contributed by atoms with Gasteiger partial charge >= 0.3 is 0 Å². The third-order valence-electron chi connectivity index (χ3n) is 5.53. The number of nitrogens with one attached hydrogen (secondary N) is 1. The number of rotatable bonds is 8. The molecule has 0 unspecified atom stereocenters. The van der Waals surface area contributed by atoms with E-state index in [1.165, 1.54) is 11.3 Å². The van der Waals surface area contributed by atoms with Crippen LogP contribution in [0.4, 0.5) is 0 Å². The smallest absolute Gasteiger partial charge is 0.273 e. The number of carbonyl (C=O) groups excluding carboxylic acids is 1. The first kappa shape index (κ1) is 23.3. The van der Waals surface area contributed by atoms with E-state index < -0.39 is 8.32 Å². The van der Waals surface area contributed by atoms with Gasteiger partial charge in [-0.25, -0.2) is 0 Å². The molecule has 1 atom stereocenters. The Morgan fingerprint density at radius 3 is 2.61 bits per heavy atom. The highest BCUT2D eigenvalue weighted by Gasteiger charge is 2.39. The Labute approximate surface area is 188 Å². The quantitative estimate of drug-likeness (QED) is 0.464. The fraction of sp³-hybridized carbons (Fsp3) is 0.455. The van der Waals surface area contributed by atoms with E-state index in [1.807, 2.05) is 37.3 Å². The van der Waals surface area contributed by atoms with Crippen molar-refractivity contribution in [2.75, 3.05) is 6.54 Å². The van der Waals surface area contributed by atoms with Gasteiger partial charge in [0, 0.05) is 24.6 Å². The predicted octanol–water partition coefficient (Wildman–Crippen LogP) is 5.25. The molecule has 166 valence electrons. The van der Waals surface area contributed by atoms with Crippen LogP contribution in [0, 0.1) is 0 Å². The molecule has 1 N–H and O–H groups in total. The molecule has 7 nitrogen and oxygen atoms in total. The van der Waals surface area contributed by atoms with E-state index in [-0.39, 0.29) is 22.7 Å². The van der Waals surface area contributed by atoms with Crippen LogP contribution in [0.3, 0.4) is 0 Å². The molecule has 0 bridgehead atoms. The minimum absolute atomic E-state index is 0.0896. The predicted molar refractivity (Wildman–Crippen MR) is 125 cm³/mol. The Hall–Kier alpha value is -2.36. The average molecular weight is 459 g/mol. The fourth-order valence-corrected chi connectivity index (χ4v) is 4.95. The van der Waals surface area contributed by atoms with Crippen molar-refractivity contribution in [3.63, 3.8) is 0 Å². The molecule has 0 aliphatic heterocycles. The van der Waals surface area contributed by atoms with E-state index in [2.05, 4.69) is 54.5 Å². The van der Waals surface area contributed by atoms with Gasteiger partial charge in [0.15, 0.2) is 19.8 Å². The lowest BCUT2D eigenvalue weighted by Gasteiger charge is -2.37. The van der Waals surface area contributed by atoms with Gasteiger partial charge in [-0.15, -0.1) is 10.2 Å². The molecule has 1 amide bonds. The molecule has 0 aliphatic carbocycles. The van der Waals surface area contributed by atoms with Crippen molar-refractivity contribution >= 4 is 25.6 Å². The lowest BCUT2D eigenvalue weighted by Crippen LogP contribution is -2.41. The van der Waals surface area contributed by atoms with Crippen LogP contribution in [0.15, 0.2) is 40.9 Å². The van der Waals surface area contributed by atoms with Crippen LogP contribution in [-0.2, 0) is 10.8 Å². The standard InChI is InChI=1S/C22H30N4O3SSi/c1-15(29-31(5,6)22(2,3)4)21-25-24-19(30-21)12-13-23-20(27)17-14-18(28-26-17)16-10-8-7-9-11-16/h7-11,14-15H,12-13H2,1-6H3,(H,23,27)/t15-/m0/s1. The van der Waals surface area contributed by atoms with Crippen LogP contribution in [0.25, 0.3) is 11.3 Å². The Balaban J connectivity index is 1.51. The van der Waals surface area contributed by atoms with Gasteiger partial charge in [0.1, 0.15) is 10.0 Å². The van der Waals surface area contributed by atoms with Crippen molar-refractivity contribution in [3.8, 4) is 11.3 Å². The maximum Gasteiger partial charge on any atom is 0.273 e. The van der Waals surface area contributed by atoms with Gasteiger partial charge in [0.2, 0.25) is 0 Å². The van der Waals surface area contributed by atoms with Crippen molar-refractivity contribution in [3.05, 3.63) is 52.1 Å². The van der Waals surface area contributed by atoms with Gasteiger partial charge in [0.25, 0.3) is 5.91 Å². The summed E-state index contributed by atoms with van der Waals surface area (Å²) >= 11 is 1.53. The van der Waals surface area contributed by atoms with Crippen molar-refractivity contribution in [2.45, 2.75) is 58.4 Å². The second-order valence-electron chi connectivity index (χ2n) is 9.00. The molecule has 0 spiro atoms. The van der Waals surface area contributed by atoms with Crippen LogP contribution in [0.2, 0.25) is 18.1 Å². The lowest BCUT2D eigenvalue weighted by molar-refractivity contribution is 0.0945. The fourth-order valence-electron chi connectivity index (χ4n) is 2.70. The zero-order valence-corrected chi connectivity index (χ0v) is 20.7. The topological polar surface area (TPSA) is 90.1 Å². The number of aromatic nitrogens is 3. The van der Waals surface area contributed by atoms with Crippen LogP contribution in [0.5, 0.6) is 0 Å². The van der Waals surface area contributed by atoms with E-state index in [9.17, 15) is 4.79 Å². The highest BCUT2D eigenvalue weighted by atomic mass is 32.1. The zero-order chi connectivity index (χ0) is 22.6. The first-order valence-electron chi connectivity index (χ1n) is 10.4. The van der Waals surface area contributed by atoms with E-state index in [1.54, 1.807) is 6.07 Å². The zero-order valence-electron chi connectivity index (χ0n) is 18.9. The lowest BCUT2D eigenvalue weighted by atomic mass is 10.1. The van der Waals surface area contributed by atoms with Crippen LogP contribution in [0.1, 0.15) is 54.3 Å². The maximum absolute atomic E-state index is 12.4. The van der Waals surface area contributed by atoms with E-state index in [0.29, 0.717) is 18.7 Å². The second kappa shape index (κ2) is 9.42. The molecule has 9 heteroatoms. The van der Waals surface area contributed by atoms with Crippen molar-refractivity contribution in [1.29, 1.82) is 0 Å². The van der Waals surface area contributed by atoms with Crippen molar-refractivity contribution in [2.24, 2.45) is 0 Å². The number of hydrogen-bond donors (Lipinski definition) is 1. The molecule has 0 radical (unpaired) electrons. The monoisotopic (exact) mass is 458 g/mol. The third-order valence-corrected chi connectivity index (χ3v) is 11.2. The highest BCUT2D eigenvalue weighted by Crippen LogP contribution is 2.39. The van der Waals surface area contributed by atoms with Crippen molar-refractivity contribution < 1.29 is 13.7 Å². The highest BCUT2D eigenvalue weighted by molar-refractivity contribution is 7.11. The van der Waals surface area contributed by atoms with Gasteiger partial charge in [-0.2, -0.15) is 0 Å². The minimum Gasteiger partial charge on any atom is -0.408 e. The Morgan fingerprint density at radius 2 is 1.94 bits per heavy atom. The Morgan fingerprint density at radius 1 is 1.23 bits per heavy atom. The number of benzene rings is 1. The van der Waals surface area contributed by atoms with E-state index >= 15 is 0 Å². The molecule has 3 aromatic rings. The van der Waals surface area contributed by atoms with E-state index in [4.69, 9.17) is 8.95 Å². The second-order valence-corrected chi connectivity index (χ2v) is 14.9. The summed E-state index contributed by atoms with van der Waals surface area (Å²) in [4.78, 5) is 12.4. The summed E-state index contributed by atoms with van der Waals surface area (Å²) in [5.74, 6) is 0.292. The SMILES string of the molecule is C[C@H](O[Si](C)(C)C(C)(C)C)c1nnc(CCNC(=O)c2cc(-c3ccccc3)on2)s1. The molecular formula is C22H30N4O3SSi. The maximum atomic E-state index is 12.4. The normalized spacial score (nSPS) is 13.2. The summed E-state index contributed by atoms with van der Waals surface area (Å²) in [6.45, 7) is 13.6. The molecule has 0 saturated heterocycles. The number of nitrogens with zero attached hydrogens (tertiary/aromatic N) is 3. The first-order chi connectivity index (χ1) is 14.6. The molecule has 0 fully saturated rings. The van der Waals surface area contributed by atoms with Gasteiger partial charge in [-0.05, 0) is 25.1 Å². The van der Waals surface area contributed by atoms with Gasteiger partial charge in [-0.1, -0.05) is 67.6 Å². The summed E-state index contributed by atoms with van der Waals surface area (Å²) in [6, 6.07) is 11.2. The summed E-state index contributed by atoms with van der Waals surface area (Å²) < 4.78 is 11.7. The number of amides is 1. The van der Waals surface area contributed by atoms with Crippen LogP contribution >= 0.6 is 11.3 Å². The van der Waals surface area contributed by atoms with Crippen LogP contribution < -0.4 is 5.32 Å². The Kier molecular flexibility index (Phi) is 7.08. The molecule has 0 saturated carbocycles. The average Bonchev–Trinajstić information content (AvgIpc) is 3.37. The van der Waals surface area contributed by atoms with Gasteiger partial charge in [-0.3, -0.25) is 4.79 Å². The Bertz CT molecular complexity index is 1010. The van der Waals surface area contributed by atoms with Crippen molar-refractivity contribution in [1.82, 2.24) is 20.7 Å². The minimum atomic E-state index is -1.88.